The lowest BCUT2D eigenvalue weighted by Gasteiger charge is -2.25. The van der Waals surface area contributed by atoms with Crippen molar-refractivity contribution in [1.29, 1.82) is 0 Å². The standard InChI is InChI=1S/C30H33N5O2S/c1-4-28(37)35-25-15-20(5-6-21(25)19-11-13-32-14-12-19)23-8-7-22-24(34-23)9-10-26-29(22)30(27(17-36)38-26)33-16-18(2)31-3/h4-10,15,17-19,31-33H,1,11-14,16H2,2-3H3,(H,35,37). The molecular formula is C30H33N5O2S. The van der Waals surface area contributed by atoms with Crippen LogP contribution in [0.5, 0.6) is 0 Å². The zero-order valence-corrected chi connectivity index (χ0v) is 22.6. The topological polar surface area (TPSA) is 95.2 Å². The van der Waals surface area contributed by atoms with Crippen LogP contribution in [-0.4, -0.2) is 49.9 Å². The van der Waals surface area contributed by atoms with Crippen LogP contribution in [0.3, 0.4) is 0 Å². The van der Waals surface area contributed by atoms with Crippen LogP contribution in [0.1, 0.15) is 40.9 Å². The first-order chi connectivity index (χ1) is 18.5. The largest absolute Gasteiger partial charge is 0.382 e. The van der Waals surface area contributed by atoms with E-state index in [1.807, 2.05) is 31.3 Å². The predicted octanol–water partition coefficient (Wildman–Crippen LogP) is 5.54. The third-order valence-corrected chi connectivity index (χ3v) is 8.39. The van der Waals surface area contributed by atoms with E-state index in [0.29, 0.717) is 17.3 Å². The molecule has 1 atom stereocenters. The molecular weight excluding hydrogens is 494 g/mol. The van der Waals surface area contributed by atoms with Gasteiger partial charge in [-0.3, -0.25) is 9.59 Å². The van der Waals surface area contributed by atoms with Gasteiger partial charge in [0, 0.05) is 39.3 Å². The lowest BCUT2D eigenvalue weighted by molar-refractivity contribution is -0.111. The Morgan fingerprint density at radius 3 is 2.76 bits per heavy atom. The van der Waals surface area contributed by atoms with Crippen molar-refractivity contribution < 1.29 is 9.59 Å². The van der Waals surface area contributed by atoms with Gasteiger partial charge in [0.05, 0.1) is 21.8 Å². The summed E-state index contributed by atoms with van der Waals surface area (Å²) in [6.45, 7) is 8.36. The van der Waals surface area contributed by atoms with Crippen molar-refractivity contribution in [2.45, 2.75) is 31.7 Å². The highest BCUT2D eigenvalue weighted by atomic mass is 32.1. The van der Waals surface area contributed by atoms with E-state index in [1.54, 1.807) is 0 Å². The van der Waals surface area contributed by atoms with E-state index in [1.165, 1.54) is 17.4 Å². The summed E-state index contributed by atoms with van der Waals surface area (Å²) >= 11 is 1.49. The summed E-state index contributed by atoms with van der Waals surface area (Å²) in [7, 11) is 1.92. The number of hydrogen-bond acceptors (Lipinski definition) is 7. The highest BCUT2D eigenvalue weighted by Crippen LogP contribution is 2.40. The van der Waals surface area contributed by atoms with E-state index in [0.717, 1.165) is 81.4 Å². The second-order valence-corrected chi connectivity index (χ2v) is 10.8. The third kappa shape index (κ3) is 5.20. The van der Waals surface area contributed by atoms with Gasteiger partial charge in [0.25, 0.3) is 0 Å². The Morgan fingerprint density at radius 1 is 1.21 bits per heavy atom. The van der Waals surface area contributed by atoms with Gasteiger partial charge in [-0.1, -0.05) is 18.7 Å². The number of pyridine rings is 1. The van der Waals surface area contributed by atoms with Gasteiger partial charge < -0.3 is 21.3 Å². The zero-order chi connectivity index (χ0) is 26.6. The van der Waals surface area contributed by atoms with Crippen molar-refractivity contribution in [2.24, 2.45) is 0 Å². The number of likely N-dealkylation sites (N-methyl/N-ethyl adjacent to an activating group) is 1. The number of aromatic nitrogens is 1. The molecule has 3 heterocycles. The number of aldehydes is 1. The Balaban J connectivity index is 1.56. The molecule has 8 heteroatoms. The minimum Gasteiger partial charge on any atom is -0.382 e. The van der Waals surface area contributed by atoms with Crippen molar-refractivity contribution in [3.8, 4) is 11.3 Å². The maximum absolute atomic E-state index is 12.2. The van der Waals surface area contributed by atoms with Gasteiger partial charge in [-0.05, 0) is 87.8 Å². The monoisotopic (exact) mass is 527 g/mol. The minimum absolute atomic E-state index is 0.220. The molecule has 0 aliphatic carbocycles. The van der Waals surface area contributed by atoms with E-state index in [9.17, 15) is 9.59 Å². The Bertz CT molecular complexity index is 1510. The Kier molecular flexibility index (Phi) is 7.83. The molecule has 2 aromatic carbocycles. The Morgan fingerprint density at radius 2 is 2.03 bits per heavy atom. The number of amides is 1. The minimum atomic E-state index is -0.220. The zero-order valence-electron chi connectivity index (χ0n) is 21.8. The predicted molar refractivity (Wildman–Crippen MR) is 159 cm³/mol. The third-order valence-electron chi connectivity index (χ3n) is 7.31. The average molecular weight is 528 g/mol. The van der Waals surface area contributed by atoms with Gasteiger partial charge in [-0.2, -0.15) is 0 Å². The summed E-state index contributed by atoms with van der Waals surface area (Å²) in [6, 6.07) is 14.6. The van der Waals surface area contributed by atoms with Crippen LogP contribution in [0.25, 0.3) is 32.2 Å². The molecule has 2 aromatic heterocycles. The molecule has 196 valence electrons. The molecule has 4 N–H and O–H groups in total. The fraction of sp³-hybridized carbons (Fsp3) is 0.300. The maximum Gasteiger partial charge on any atom is 0.247 e. The van der Waals surface area contributed by atoms with Crippen LogP contribution in [0.2, 0.25) is 0 Å². The quantitative estimate of drug-likeness (QED) is 0.169. The number of nitrogens with zero attached hydrogens (tertiary/aromatic N) is 1. The molecule has 1 aliphatic rings. The number of piperidine rings is 1. The number of fused-ring (bicyclic) bond motifs is 3. The molecule has 0 saturated carbocycles. The average Bonchev–Trinajstić information content (AvgIpc) is 3.34. The van der Waals surface area contributed by atoms with E-state index < -0.39 is 0 Å². The first-order valence-corrected chi connectivity index (χ1v) is 13.8. The number of nitrogens with one attached hydrogen (secondary N) is 4. The van der Waals surface area contributed by atoms with Gasteiger partial charge in [-0.25, -0.2) is 4.98 Å². The normalized spacial score (nSPS) is 14.9. The van der Waals surface area contributed by atoms with E-state index in [4.69, 9.17) is 4.98 Å². The molecule has 1 saturated heterocycles. The smallest absolute Gasteiger partial charge is 0.247 e. The molecule has 1 amide bonds. The number of benzene rings is 2. The highest BCUT2D eigenvalue weighted by molar-refractivity contribution is 7.21. The van der Waals surface area contributed by atoms with Crippen molar-refractivity contribution in [3.05, 3.63) is 65.6 Å². The summed E-state index contributed by atoms with van der Waals surface area (Å²) in [5, 5.41) is 15.2. The SMILES string of the molecule is C=CC(=O)Nc1cc(-c2ccc3c(ccc4sc(C=O)c(NCC(C)NC)c43)n2)ccc1C1CCNCC1. The highest BCUT2D eigenvalue weighted by Gasteiger charge is 2.20. The van der Waals surface area contributed by atoms with Gasteiger partial charge in [-0.15, -0.1) is 11.3 Å². The summed E-state index contributed by atoms with van der Waals surface area (Å²) in [6.07, 6.45) is 4.30. The molecule has 0 spiro atoms. The Labute approximate surface area is 226 Å². The number of rotatable bonds is 9. The molecule has 1 fully saturated rings. The van der Waals surface area contributed by atoms with Crippen LogP contribution < -0.4 is 21.3 Å². The van der Waals surface area contributed by atoms with Crippen molar-refractivity contribution in [2.75, 3.05) is 37.3 Å². The molecule has 0 bridgehead atoms. The van der Waals surface area contributed by atoms with E-state index in [2.05, 4.69) is 53.0 Å². The van der Waals surface area contributed by atoms with Crippen LogP contribution in [-0.2, 0) is 4.79 Å². The van der Waals surface area contributed by atoms with E-state index >= 15 is 0 Å². The van der Waals surface area contributed by atoms with Crippen molar-refractivity contribution in [1.82, 2.24) is 15.6 Å². The number of thiophene rings is 1. The fourth-order valence-electron chi connectivity index (χ4n) is 5.09. The molecule has 4 aromatic rings. The van der Waals surface area contributed by atoms with Crippen molar-refractivity contribution in [3.63, 3.8) is 0 Å². The van der Waals surface area contributed by atoms with Gasteiger partial charge in [0.15, 0.2) is 6.29 Å². The first-order valence-electron chi connectivity index (χ1n) is 13.0. The fourth-order valence-corrected chi connectivity index (χ4v) is 6.10. The van der Waals surface area contributed by atoms with Crippen LogP contribution in [0, 0.1) is 0 Å². The van der Waals surface area contributed by atoms with Gasteiger partial charge in [0.2, 0.25) is 5.91 Å². The molecule has 0 radical (unpaired) electrons. The maximum atomic E-state index is 12.2. The van der Waals surface area contributed by atoms with Gasteiger partial charge in [0.1, 0.15) is 0 Å². The van der Waals surface area contributed by atoms with Gasteiger partial charge >= 0.3 is 0 Å². The lowest BCUT2D eigenvalue weighted by atomic mass is 9.88. The molecule has 1 aliphatic heterocycles. The number of carbonyl (C=O) groups is 2. The molecule has 7 nitrogen and oxygen atoms in total. The number of carbonyl (C=O) groups excluding carboxylic acids is 2. The molecule has 1 unspecified atom stereocenters. The summed E-state index contributed by atoms with van der Waals surface area (Å²) in [5.41, 5.74) is 5.45. The summed E-state index contributed by atoms with van der Waals surface area (Å²) < 4.78 is 1.05. The van der Waals surface area contributed by atoms with Crippen LogP contribution >= 0.6 is 11.3 Å². The lowest BCUT2D eigenvalue weighted by Crippen LogP contribution is -2.29. The van der Waals surface area contributed by atoms with Crippen LogP contribution in [0.15, 0.2) is 55.1 Å². The number of hydrogen-bond donors (Lipinski definition) is 4. The second-order valence-electron chi connectivity index (χ2n) is 9.75. The summed E-state index contributed by atoms with van der Waals surface area (Å²) in [4.78, 5) is 29.8. The molecule has 38 heavy (non-hydrogen) atoms. The Hall–Kier alpha value is -3.59. The number of anilines is 2. The van der Waals surface area contributed by atoms with Crippen LogP contribution in [0.4, 0.5) is 11.4 Å². The van der Waals surface area contributed by atoms with E-state index in [-0.39, 0.29) is 11.9 Å². The van der Waals surface area contributed by atoms with Crippen molar-refractivity contribution >= 4 is 55.9 Å². The first kappa shape index (κ1) is 26.0. The molecule has 5 rings (SSSR count). The second kappa shape index (κ2) is 11.4. The summed E-state index contributed by atoms with van der Waals surface area (Å²) in [5.74, 6) is 0.174.